The van der Waals surface area contributed by atoms with Crippen molar-refractivity contribution in [3.8, 4) is 0 Å². The molecule has 3 rings (SSSR count). The largest absolute Gasteiger partial charge is 0.394 e. The van der Waals surface area contributed by atoms with E-state index in [1.165, 1.54) is 11.1 Å². The summed E-state index contributed by atoms with van der Waals surface area (Å²) in [5, 5.41) is 21.4. The SMILES string of the molecule is CN(Cc1ccccc1)C1(C(=O)NC[C@H](O)CO)Cc2ccccc2C1. The van der Waals surface area contributed by atoms with Gasteiger partial charge in [-0.3, -0.25) is 9.69 Å². The highest BCUT2D eigenvalue weighted by Gasteiger charge is 2.46. The van der Waals surface area contributed by atoms with Crippen LogP contribution in [-0.2, 0) is 24.2 Å². The van der Waals surface area contributed by atoms with Gasteiger partial charge in [0.05, 0.1) is 12.7 Å². The van der Waals surface area contributed by atoms with Crippen LogP contribution in [0, 0.1) is 0 Å². The van der Waals surface area contributed by atoms with Gasteiger partial charge in [0, 0.05) is 25.9 Å². The molecule has 26 heavy (non-hydrogen) atoms. The Balaban J connectivity index is 1.84. The number of amides is 1. The number of fused-ring (bicyclic) bond motifs is 1. The van der Waals surface area contributed by atoms with E-state index in [1.54, 1.807) is 0 Å². The third-order valence-corrected chi connectivity index (χ3v) is 5.21. The standard InChI is InChI=1S/C21H26N2O3/c1-23(14-16-7-3-2-4-8-16)21(20(26)22-13-19(25)15-24)11-17-9-5-6-10-18(17)12-21/h2-10,19,24-25H,11-15H2,1H3,(H,22,26)/t19-/m0/s1. The molecule has 1 amide bonds. The smallest absolute Gasteiger partial charge is 0.241 e. The number of carbonyl (C=O) groups is 1. The van der Waals surface area contributed by atoms with E-state index >= 15 is 0 Å². The van der Waals surface area contributed by atoms with E-state index < -0.39 is 11.6 Å². The van der Waals surface area contributed by atoms with Crippen LogP contribution in [0.4, 0.5) is 0 Å². The monoisotopic (exact) mass is 354 g/mol. The van der Waals surface area contributed by atoms with Gasteiger partial charge in [0.15, 0.2) is 0 Å². The van der Waals surface area contributed by atoms with Crippen LogP contribution in [0.15, 0.2) is 54.6 Å². The van der Waals surface area contributed by atoms with E-state index in [0.29, 0.717) is 19.4 Å². The maximum absolute atomic E-state index is 13.1. The van der Waals surface area contributed by atoms with Crippen molar-refractivity contribution in [2.75, 3.05) is 20.2 Å². The van der Waals surface area contributed by atoms with E-state index in [-0.39, 0.29) is 19.1 Å². The molecule has 2 aromatic rings. The molecule has 0 spiro atoms. The van der Waals surface area contributed by atoms with Crippen molar-refractivity contribution in [3.63, 3.8) is 0 Å². The topological polar surface area (TPSA) is 72.8 Å². The van der Waals surface area contributed by atoms with Crippen molar-refractivity contribution in [3.05, 3.63) is 71.3 Å². The number of rotatable bonds is 7. The molecule has 0 aliphatic heterocycles. The number of likely N-dealkylation sites (N-methyl/N-ethyl adjacent to an activating group) is 1. The first-order chi connectivity index (χ1) is 12.5. The first-order valence-electron chi connectivity index (χ1n) is 8.94. The molecule has 0 fully saturated rings. The Kier molecular flexibility index (Phi) is 5.71. The van der Waals surface area contributed by atoms with Crippen molar-refractivity contribution in [1.82, 2.24) is 10.2 Å². The minimum atomic E-state index is -0.945. The molecule has 0 heterocycles. The Bertz CT molecular complexity index is 723. The lowest BCUT2D eigenvalue weighted by Gasteiger charge is -2.37. The second-order valence-electron chi connectivity index (χ2n) is 7.04. The van der Waals surface area contributed by atoms with E-state index in [4.69, 9.17) is 5.11 Å². The number of nitrogens with one attached hydrogen (secondary N) is 1. The van der Waals surface area contributed by atoms with Crippen LogP contribution in [0.5, 0.6) is 0 Å². The molecule has 138 valence electrons. The lowest BCUT2D eigenvalue weighted by atomic mass is 9.91. The molecule has 1 aliphatic carbocycles. The Labute approximate surface area is 154 Å². The molecule has 0 bridgehead atoms. The molecule has 0 radical (unpaired) electrons. The highest BCUT2D eigenvalue weighted by Crippen LogP contribution is 2.35. The summed E-state index contributed by atoms with van der Waals surface area (Å²) in [5.41, 5.74) is 2.82. The summed E-state index contributed by atoms with van der Waals surface area (Å²) >= 11 is 0. The minimum absolute atomic E-state index is 0.0482. The zero-order valence-electron chi connectivity index (χ0n) is 15.1. The quantitative estimate of drug-likeness (QED) is 0.697. The molecule has 0 aromatic heterocycles. The zero-order chi connectivity index (χ0) is 18.6. The molecule has 1 aliphatic rings. The molecular weight excluding hydrogens is 328 g/mol. The molecule has 1 atom stereocenters. The normalized spacial score (nSPS) is 16.3. The summed E-state index contributed by atoms with van der Waals surface area (Å²) in [5.74, 6) is -0.111. The number of aliphatic hydroxyl groups is 2. The summed E-state index contributed by atoms with van der Waals surface area (Å²) in [6, 6.07) is 18.2. The van der Waals surface area contributed by atoms with Crippen molar-refractivity contribution >= 4 is 5.91 Å². The van der Waals surface area contributed by atoms with Crippen LogP contribution in [0.3, 0.4) is 0 Å². The van der Waals surface area contributed by atoms with Crippen molar-refractivity contribution in [2.45, 2.75) is 31.0 Å². The van der Waals surface area contributed by atoms with Crippen LogP contribution in [0.1, 0.15) is 16.7 Å². The van der Waals surface area contributed by atoms with Gasteiger partial charge in [-0.15, -0.1) is 0 Å². The average molecular weight is 354 g/mol. The van der Waals surface area contributed by atoms with E-state index in [2.05, 4.69) is 34.5 Å². The summed E-state index contributed by atoms with van der Waals surface area (Å²) in [6.07, 6.45) is 0.320. The number of benzene rings is 2. The number of nitrogens with zero attached hydrogens (tertiary/aromatic N) is 1. The lowest BCUT2D eigenvalue weighted by Crippen LogP contribution is -2.59. The fourth-order valence-corrected chi connectivity index (χ4v) is 3.65. The molecule has 5 nitrogen and oxygen atoms in total. The number of hydrogen-bond donors (Lipinski definition) is 3. The first kappa shape index (κ1) is 18.6. The summed E-state index contributed by atoms with van der Waals surface area (Å²) in [4.78, 5) is 15.2. The predicted octanol–water partition coefficient (Wildman–Crippen LogP) is 1.13. The third kappa shape index (κ3) is 3.80. The fraction of sp³-hybridized carbons (Fsp3) is 0.381. The Morgan fingerprint density at radius 3 is 2.27 bits per heavy atom. The van der Waals surface area contributed by atoms with Gasteiger partial charge in [-0.1, -0.05) is 54.6 Å². The molecule has 5 heteroatoms. The lowest BCUT2D eigenvalue weighted by molar-refractivity contribution is -0.133. The van der Waals surface area contributed by atoms with Crippen molar-refractivity contribution in [1.29, 1.82) is 0 Å². The van der Waals surface area contributed by atoms with Crippen LogP contribution in [-0.4, -0.2) is 52.9 Å². The maximum atomic E-state index is 13.1. The molecule has 2 aromatic carbocycles. The summed E-state index contributed by atoms with van der Waals surface area (Å²) in [6.45, 7) is 0.338. The van der Waals surface area contributed by atoms with E-state index in [0.717, 1.165) is 5.56 Å². The van der Waals surface area contributed by atoms with Gasteiger partial charge in [-0.2, -0.15) is 0 Å². The van der Waals surface area contributed by atoms with Gasteiger partial charge >= 0.3 is 0 Å². The predicted molar refractivity (Wildman–Crippen MR) is 101 cm³/mol. The first-order valence-corrected chi connectivity index (χ1v) is 8.94. The fourth-order valence-electron chi connectivity index (χ4n) is 3.65. The van der Waals surface area contributed by atoms with Gasteiger partial charge in [0.25, 0.3) is 0 Å². The number of aliphatic hydroxyl groups excluding tert-OH is 2. The van der Waals surface area contributed by atoms with Crippen LogP contribution >= 0.6 is 0 Å². The van der Waals surface area contributed by atoms with E-state index in [1.807, 2.05) is 37.4 Å². The second kappa shape index (κ2) is 7.99. The number of hydrogen-bond acceptors (Lipinski definition) is 4. The van der Waals surface area contributed by atoms with Crippen LogP contribution in [0.25, 0.3) is 0 Å². The molecule has 0 saturated heterocycles. The third-order valence-electron chi connectivity index (χ3n) is 5.21. The van der Waals surface area contributed by atoms with Crippen molar-refractivity contribution < 1.29 is 15.0 Å². The second-order valence-corrected chi connectivity index (χ2v) is 7.04. The Morgan fingerprint density at radius 1 is 1.12 bits per heavy atom. The minimum Gasteiger partial charge on any atom is -0.394 e. The van der Waals surface area contributed by atoms with Gasteiger partial charge in [0.2, 0.25) is 5.91 Å². The van der Waals surface area contributed by atoms with Gasteiger partial charge < -0.3 is 15.5 Å². The summed E-state index contributed by atoms with van der Waals surface area (Å²) < 4.78 is 0. The number of carbonyl (C=O) groups excluding carboxylic acids is 1. The highest BCUT2D eigenvalue weighted by atomic mass is 16.3. The highest BCUT2D eigenvalue weighted by molar-refractivity contribution is 5.88. The summed E-state index contributed by atoms with van der Waals surface area (Å²) in [7, 11) is 1.97. The van der Waals surface area contributed by atoms with Crippen LogP contribution < -0.4 is 5.32 Å². The Hall–Kier alpha value is -2.21. The Morgan fingerprint density at radius 2 is 1.69 bits per heavy atom. The molecule has 0 saturated carbocycles. The molecule has 3 N–H and O–H groups in total. The van der Waals surface area contributed by atoms with Gasteiger partial charge in [-0.25, -0.2) is 0 Å². The zero-order valence-corrected chi connectivity index (χ0v) is 15.1. The maximum Gasteiger partial charge on any atom is 0.241 e. The average Bonchev–Trinajstić information content (AvgIpc) is 3.07. The van der Waals surface area contributed by atoms with Gasteiger partial charge in [-0.05, 0) is 23.7 Å². The molecular formula is C21H26N2O3. The van der Waals surface area contributed by atoms with Crippen molar-refractivity contribution in [2.24, 2.45) is 0 Å². The van der Waals surface area contributed by atoms with Crippen LogP contribution in [0.2, 0.25) is 0 Å². The molecule has 0 unspecified atom stereocenters. The van der Waals surface area contributed by atoms with E-state index in [9.17, 15) is 9.90 Å². The van der Waals surface area contributed by atoms with Gasteiger partial charge in [0.1, 0.15) is 5.54 Å².